The molecule has 19 heteroatoms. The van der Waals surface area contributed by atoms with Crippen LogP contribution in [0, 0.1) is 17.8 Å². The Kier molecular flexibility index (Phi) is 66.2. The van der Waals surface area contributed by atoms with Crippen molar-refractivity contribution in [3.8, 4) is 0 Å². The number of phosphoric acid groups is 2. The average molecular weight is 1410 g/mol. The minimum atomic E-state index is -4.96. The van der Waals surface area contributed by atoms with Crippen LogP contribution < -0.4 is 0 Å². The molecular weight excluding hydrogens is 1260 g/mol. The van der Waals surface area contributed by atoms with Crippen LogP contribution in [0.1, 0.15) is 395 Å². The number of aliphatic hydroxyl groups excluding tert-OH is 1. The zero-order valence-corrected chi connectivity index (χ0v) is 64.6. The van der Waals surface area contributed by atoms with Crippen molar-refractivity contribution in [1.82, 2.24) is 0 Å². The summed E-state index contributed by atoms with van der Waals surface area (Å²) in [6.07, 6.45) is 54.3. The molecule has 0 aliphatic rings. The smallest absolute Gasteiger partial charge is 0.462 e. The van der Waals surface area contributed by atoms with Crippen LogP contribution in [-0.2, 0) is 65.4 Å². The number of aliphatic hydroxyl groups is 1. The minimum absolute atomic E-state index is 0.105. The summed E-state index contributed by atoms with van der Waals surface area (Å²) in [5.74, 6) is 0.0970. The molecule has 0 radical (unpaired) electrons. The third-order valence-corrected chi connectivity index (χ3v) is 19.8. The van der Waals surface area contributed by atoms with Crippen molar-refractivity contribution >= 4 is 39.5 Å². The molecule has 0 heterocycles. The summed E-state index contributed by atoms with van der Waals surface area (Å²) in [5.41, 5.74) is 0. The highest BCUT2D eigenvalue weighted by atomic mass is 31.2. The molecule has 0 bridgehead atoms. The molecule has 2 unspecified atom stereocenters. The topological polar surface area (TPSA) is 237 Å². The summed E-state index contributed by atoms with van der Waals surface area (Å²) in [5, 5.41) is 10.6. The molecule has 17 nitrogen and oxygen atoms in total. The lowest BCUT2D eigenvalue weighted by atomic mass is 10.0. The molecule has 0 aromatic rings. The van der Waals surface area contributed by atoms with E-state index in [1.54, 1.807) is 0 Å². The van der Waals surface area contributed by atoms with Gasteiger partial charge in [-0.2, -0.15) is 0 Å². The number of phosphoric ester groups is 2. The fraction of sp³-hybridized carbons (Fsp3) is 0.948. The third kappa shape index (κ3) is 70.5. The number of ether oxygens (including phenoxy) is 4. The quantitative estimate of drug-likeness (QED) is 0.0222. The normalized spacial score (nSPS) is 14.1. The van der Waals surface area contributed by atoms with Gasteiger partial charge >= 0.3 is 39.5 Å². The third-order valence-electron chi connectivity index (χ3n) is 17.9. The highest BCUT2D eigenvalue weighted by Gasteiger charge is 2.30. The molecule has 0 aromatic heterocycles. The van der Waals surface area contributed by atoms with Crippen LogP contribution in [0.3, 0.4) is 0 Å². The first-order chi connectivity index (χ1) is 46.2. The summed E-state index contributed by atoms with van der Waals surface area (Å²) in [4.78, 5) is 72.8. The molecule has 0 saturated heterocycles. The summed E-state index contributed by atoms with van der Waals surface area (Å²) < 4.78 is 68.5. The fourth-order valence-corrected chi connectivity index (χ4v) is 13.4. The molecule has 0 aliphatic heterocycles. The summed E-state index contributed by atoms with van der Waals surface area (Å²) >= 11 is 0. The molecular formula is C77H150O17P2. The molecule has 5 atom stereocenters. The van der Waals surface area contributed by atoms with E-state index in [4.69, 9.17) is 37.0 Å². The van der Waals surface area contributed by atoms with Gasteiger partial charge in [0, 0.05) is 25.7 Å². The first kappa shape index (κ1) is 94.1. The van der Waals surface area contributed by atoms with Gasteiger partial charge in [0.25, 0.3) is 0 Å². The van der Waals surface area contributed by atoms with E-state index in [2.05, 4.69) is 48.5 Å². The molecule has 0 fully saturated rings. The second kappa shape index (κ2) is 67.5. The molecule has 570 valence electrons. The van der Waals surface area contributed by atoms with Crippen molar-refractivity contribution in [2.24, 2.45) is 17.8 Å². The lowest BCUT2D eigenvalue weighted by molar-refractivity contribution is -0.161. The Balaban J connectivity index is 5.23. The van der Waals surface area contributed by atoms with Gasteiger partial charge in [-0.1, -0.05) is 344 Å². The molecule has 0 saturated carbocycles. The molecule has 96 heavy (non-hydrogen) atoms. The summed E-state index contributed by atoms with van der Waals surface area (Å²) in [6.45, 7) is 11.8. The highest BCUT2D eigenvalue weighted by molar-refractivity contribution is 7.47. The second-order valence-electron chi connectivity index (χ2n) is 29.2. The molecule has 0 aromatic carbocycles. The van der Waals surface area contributed by atoms with Crippen LogP contribution in [0.4, 0.5) is 0 Å². The number of unbranched alkanes of at least 4 members (excludes halogenated alkanes) is 43. The van der Waals surface area contributed by atoms with E-state index in [0.717, 1.165) is 108 Å². The number of hydrogen-bond donors (Lipinski definition) is 3. The largest absolute Gasteiger partial charge is 0.472 e. The van der Waals surface area contributed by atoms with Crippen LogP contribution >= 0.6 is 15.6 Å². The Hall–Kier alpha value is -1.94. The number of rotatable bonds is 75. The van der Waals surface area contributed by atoms with Gasteiger partial charge in [-0.15, -0.1) is 0 Å². The van der Waals surface area contributed by atoms with E-state index in [0.29, 0.717) is 31.6 Å². The second-order valence-corrected chi connectivity index (χ2v) is 32.1. The SMILES string of the molecule is CCCCCCCCCCCCCCCCCCCCCC(=O)O[C@H](COC(=O)CCCCCCCCCCCCCC(C)C)COP(=O)(O)OC[C@@H](O)COP(=O)(O)OC[C@@H](COC(=O)CCCCCCCCC(C)C)OC(=O)CCCCCCCCCCCCCC(C)C. The van der Waals surface area contributed by atoms with Gasteiger partial charge < -0.3 is 33.8 Å². The Morgan fingerprint density at radius 1 is 0.281 bits per heavy atom. The Labute approximate surface area is 588 Å². The van der Waals surface area contributed by atoms with Gasteiger partial charge in [0.05, 0.1) is 26.4 Å². The van der Waals surface area contributed by atoms with Crippen molar-refractivity contribution in [2.75, 3.05) is 39.6 Å². The maximum Gasteiger partial charge on any atom is 0.472 e. The predicted molar refractivity (Wildman–Crippen MR) is 391 cm³/mol. The van der Waals surface area contributed by atoms with Gasteiger partial charge in [0.15, 0.2) is 12.2 Å². The van der Waals surface area contributed by atoms with Crippen LogP contribution in [0.25, 0.3) is 0 Å². The Morgan fingerprint density at radius 2 is 0.479 bits per heavy atom. The monoisotopic (exact) mass is 1410 g/mol. The van der Waals surface area contributed by atoms with E-state index in [-0.39, 0.29) is 25.7 Å². The van der Waals surface area contributed by atoms with E-state index in [1.165, 1.54) is 199 Å². The number of carbonyl (C=O) groups is 4. The van der Waals surface area contributed by atoms with Crippen molar-refractivity contribution in [3.05, 3.63) is 0 Å². The van der Waals surface area contributed by atoms with Crippen molar-refractivity contribution in [2.45, 2.75) is 414 Å². The number of carbonyl (C=O) groups excluding carboxylic acids is 4. The maximum absolute atomic E-state index is 13.1. The van der Waals surface area contributed by atoms with Crippen LogP contribution in [-0.4, -0.2) is 96.7 Å². The highest BCUT2D eigenvalue weighted by Crippen LogP contribution is 2.45. The lowest BCUT2D eigenvalue weighted by Gasteiger charge is -2.21. The Morgan fingerprint density at radius 3 is 0.708 bits per heavy atom. The first-order valence-corrected chi connectivity index (χ1v) is 42.8. The van der Waals surface area contributed by atoms with Crippen molar-refractivity contribution < 1.29 is 80.2 Å². The van der Waals surface area contributed by atoms with Crippen LogP contribution in [0.2, 0.25) is 0 Å². The first-order valence-electron chi connectivity index (χ1n) is 39.8. The Bertz CT molecular complexity index is 1870. The van der Waals surface area contributed by atoms with Crippen LogP contribution in [0.5, 0.6) is 0 Å². The van der Waals surface area contributed by atoms with Gasteiger partial charge in [-0.3, -0.25) is 37.3 Å². The summed E-state index contributed by atoms with van der Waals surface area (Å²) in [7, 11) is -9.91. The zero-order valence-electron chi connectivity index (χ0n) is 62.8. The maximum atomic E-state index is 13.1. The standard InChI is InChI=1S/C77H150O17P2/c1-8-9-10-11-12-13-14-15-16-17-18-19-20-21-26-32-37-46-53-60-76(81)93-72(64-87-74(79)58-51-44-36-31-27-22-24-29-34-41-48-55-68(2)3)66-91-95(83,84)89-62-71(78)63-90-96(85,86)92-67-73(65-88-75(80)59-52-45-40-39-43-50-57-70(6)7)94-77(82)61-54-47-38-33-28-23-25-30-35-42-49-56-69(4)5/h68-73,78H,8-67H2,1-7H3,(H,83,84)(H,85,86)/t71-,72-,73-/m1/s1. The molecule has 3 N–H and O–H groups in total. The van der Waals surface area contributed by atoms with Gasteiger partial charge in [0.1, 0.15) is 19.3 Å². The van der Waals surface area contributed by atoms with E-state index in [1.807, 2.05) is 0 Å². The zero-order chi connectivity index (χ0) is 70.9. The van der Waals surface area contributed by atoms with E-state index >= 15 is 0 Å². The molecule has 0 aliphatic carbocycles. The molecule has 0 rings (SSSR count). The fourth-order valence-electron chi connectivity index (χ4n) is 11.8. The number of hydrogen-bond acceptors (Lipinski definition) is 15. The van der Waals surface area contributed by atoms with Gasteiger partial charge in [0.2, 0.25) is 0 Å². The summed E-state index contributed by atoms with van der Waals surface area (Å²) in [6, 6.07) is 0. The van der Waals surface area contributed by atoms with E-state index < -0.39 is 97.5 Å². The van der Waals surface area contributed by atoms with E-state index in [9.17, 15) is 43.2 Å². The van der Waals surface area contributed by atoms with Crippen molar-refractivity contribution in [3.63, 3.8) is 0 Å². The average Bonchev–Trinajstić information content (AvgIpc) is 1.35. The lowest BCUT2D eigenvalue weighted by Crippen LogP contribution is -2.30. The number of esters is 4. The van der Waals surface area contributed by atoms with Crippen molar-refractivity contribution in [1.29, 1.82) is 0 Å². The molecule has 0 amide bonds. The minimum Gasteiger partial charge on any atom is -0.462 e. The van der Waals surface area contributed by atoms with Crippen LogP contribution in [0.15, 0.2) is 0 Å². The predicted octanol–water partition coefficient (Wildman–Crippen LogP) is 22.6. The molecule has 0 spiro atoms. The van der Waals surface area contributed by atoms with Gasteiger partial charge in [-0.25, -0.2) is 9.13 Å². The van der Waals surface area contributed by atoms with Gasteiger partial charge in [-0.05, 0) is 43.4 Å².